The van der Waals surface area contributed by atoms with Crippen LogP contribution in [0.4, 0.5) is 10.8 Å². The average Bonchev–Trinajstić information content (AvgIpc) is 3.32. The lowest BCUT2D eigenvalue weighted by Gasteiger charge is -2.29. The molecule has 3 heterocycles. The quantitative estimate of drug-likeness (QED) is 0.833. The van der Waals surface area contributed by atoms with E-state index >= 15 is 0 Å². The van der Waals surface area contributed by atoms with Crippen molar-refractivity contribution in [2.75, 3.05) is 29.9 Å². The molecule has 0 spiro atoms. The Bertz CT molecular complexity index is 858. The minimum atomic E-state index is -0.193. The van der Waals surface area contributed by atoms with Crippen molar-refractivity contribution in [1.29, 1.82) is 0 Å². The number of nitrogens with zero attached hydrogens (tertiary/aromatic N) is 3. The zero-order valence-corrected chi connectivity index (χ0v) is 17.0. The van der Waals surface area contributed by atoms with Crippen LogP contribution in [0.1, 0.15) is 48.7 Å². The van der Waals surface area contributed by atoms with Gasteiger partial charge in [-0.1, -0.05) is 13.0 Å². The minimum Gasteiger partial charge on any atom is -0.312 e. The number of amides is 2. The number of carbonyl (C=O) groups is 2. The Morgan fingerprint density at radius 2 is 2.11 bits per heavy atom. The maximum atomic E-state index is 12.6. The first-order valence-corrected chi connectivity index (χ1v) is 10.8. The third-order valence-electron chi connectivity index (χ3n) is 5.53. The number of likely N-dealkylation sites (tertiary alicyclic amines) is 1. The molecule has 7 heteroatoms. The predicted octanol–water partition coefficient (Wildman–Crippen LogP) is 3.75. The fourth-order valence-corrected chi connectivity index (χ4v) is 4.49. The fourth-order valence-electron chi connectivity index (χ4n) is 3.79. The van der Waals surface area contributed by atoms with Gasteiger partial charge in [0.15, 0.2) is 5.13 Å². The molecule has 1 aromatic carbocycles. The SMILES string of the molecule is CC1CCN(Cc2csc(NC(=O)c3cccc(N4CCCC4=O)c3)n2)CC1. The minimum absolute atomic E-state index is 0.120. The Kier molecular flexibility index (Phi) is 5.73. The third-order valence-corrected chi connectivity index (χ3v) is 6.33. The van der Waals surface area contributed by atoms with E-state index in [4.69, 9.17) is 0 Å². The lowest BCUT2D eigenvalue weighted by Crippen LogP contribution is -2.32. The van der Waals surface area contributed by atoms with Crippen molar-refractivity contribution in [1.82, 2.24) is 9.88 Å². The third kappa shape index (κ3) is 4.42. The summed E-state index contributed by atoms with van der Waals surface area (Å²) in [6.45, 7) is 6.09. The number of aromatic nitrogens is 1. The summed E-state index contributed by atoms with van der Waals surface area (Å²) in [5.74, 6) is 0.739. The Balaban J connectivity index is 1.37. The van der Waals surface area contributed by atoms with Crippen molar-refractivity contribution in [2.24, 2.45) is 5.92 Å². The standard InChI is InChI=1S/C21H26N4O2S/c1-15-7-10-24(11-8-15)13-17-14-28-21(22-17)23-20(27)16-4-2-5-18(12-16)25-9-3-6-19(25)26/h2,4-5,12,14-15H,3,6-11,13H2,1H3,(H,22,23,27). The number of hydrogen-bond donors (Lipinski definition) is 1. The van der Waals surface area contributed by atoms with Crippen LogP contribution >= 0.6 is 11.3 Å². The van der Waals surface area contributed by atoms with Crippen molar-refractivity contribution in [3.05, 3.63) is 40.9 Å². The zero-order valence-electron chi connectivity index (χ0n) is 16.2. The summed E-state index contributed by atoms with van der Waals surface area (Å²) in [7, 11) is 0. The molecule has 0 atom stereocenters. The summed E-state index contributed by atoms with van der Waals surface area (Å²) in [5.41, 5.74) is 2.33. The van der Waals surface area contributed by atoms with Gasteiger partial charge in [-0.25, -0.2) is 4.98 Å². The van der Waals surface area contributed by atoms with Gasteiger partial charge < -0.3 is 4.90 Å². The molecule has 2 aliphatic rings. The van der Waals surface area contributed by atoms with Gasteiger partial charge in [-0.05, 0) is 56.5 Å². The molecule has 0 radical (unpaired) electrons. The van der Waals surface area contributed by atoms with Crippen LogP contribution in [0.5, 0.6) is 0 Å². The molecule has 1 N–H and O–H groups in total. The highest BCUT2D eigenvalue weighted by atomic mass is 32.1. The van der Waals surface area contributed by atoms with Gasteiger partial charge in [0.2, 0.25) is 5.91 Å². The van der Waals surface area contributed by atoms with Crippen LogP contribution in [-0.2, 0) is 11.3 Å². The summed E-state index contributed by atoms with van der Waals surface area (Å²) in [6.07, 6.45) is 3.93. The van der Waals surface area contributed by atoms with Gasteiger partial charge >= 0.3 is 0 Å². The summed E-state index contributed by atoms with van der Waals surface area (Å²) >= 11 is 1.46. The lowest BCUT2D eigenvalue weighted by molar-refractivity contribution is -0.117. The number of thiazole rings is 1. The number of anilines is 2. The summed E-state index contributed by atoms with van der Waals surface area (Å²) in [4.78, 5) is 33.3. The molecule has 28 heavy (non-hydrogen) atoms. The molecule has 0 aliphatic carbocycles. The highest BCUT2D eigenvalue weighted by Gasteiger charge is 2.22. The Hall–Kier alpha value is -2.25. The first-order chi connectivity index (χ1) is 13.6. The second-order valence-electron chi connectivity index (χ2n) is 7.76. The molecule has 0 bridgehead atoms. The van der Waals surface area contributed by atoms with Gasteiger partial charge in [0.05, 0.1) is 5.69 Å². The molecule has 0 unspecified atom stereocenters. The molecule has 2 amide bonds. The molecule has 4 rings (SSSR count). The van der Waals surface area contributed by atoms with Crippen molar-refractivity contribution >= 4 is 34.0 Å². The van der Waals surface area contributed by atoms with Crippen LogP contribution in [0.2, 0.25) is 0 Å². The molecular formula is C21H26N4O2S. The van der Waals surface area contributed by atoms with Crippen molar-refractivity contribution in [3.8, 4) is 0 Å². The summed E-state index contributed by atoms with van der Waals surface area (Å²) in [5, 5.41) is 5.54. The van der Waals surface area contributed by atoms with Crippen molar-refractivity contribution in [3.63, 3.8) is 0 Å². The van der Waals surface area contributed by atoms with Crippen molar-refractivity contribution < 1.29 is 9.59 Å². The van der Waals surface area contributed by atoms with Crippen LogP contribution in [0, 0.1) is 5.92 Å². The summed E-state index contributed by atoms with van der Waals surface area (Å²) in [6, 6.07) is 7.24. The molecule has 6 nitrogen and oxygen atoms in total. The number of rotatable bonds is 5. The lowest BCUT2D eigenvalue weighted by atomic mass is 9.99. The molecule has 0 saturated carbocycles. The van der Waals surface area contributed by atoms with E-state index in [1.165, 1.54) is 24.2 Å². The Labute approximate surface area is 169 Å². The van der Waals surface area contributed by atoms with Gasteiger partial charge in [-0.2, -0.15) is 0 Å². The van der Waals surface area contributed by atoms with Crippen LogP contribution in [0.25, 0.3) is 0 Å². The molecule has 2 fully saturated rings. The van der Waals surface area contributed by atoms with E-state index in [1.54, 1.807) is 17.0 Å². The number of nitrogens with one attached hydrogen (secondary N) is 1. The van der Waals surface area contributed by atoms with E-state index in [1.807, 2.05) is 17.5 Å². The van der Waals surface area contributed by atoms with Gasteiger partial charge in [0.25, 0.3) is 5.91 Å². The first kappa shape index (κ1) is 19.1. The van der Waals surface area contributed by atoms with Gasteiger partial charge in [-0.15, -0.1) is 11.3 Å². The molecule has 148 valence electrons. The second-order valence-corrected chi connectivity index (χ2v) is 8.61. The molecule has 2 saturated heterocycles. The van der Waals surface area contributed by atoms with Crippen LogP contribution < -0.4 is 10.2 Å². The van der Waals surface area contributed by atoms with Crippen LogP contribution in [0.3, 0.4) is 0 Å². The monoisotopic (exact) mass is 398 g/mol. The zero-order chi connectivity index (χ0) is 19.5. The predicted molar refractivity (Wildman–Crippen MR) is 112 cm³/mol. The molecular weight excluding hydrogens is 372 g/mol. The van der Waals surface area contributed by atoms with Gasteiger partial charge in [-0.3, -0.25) is 19.8 Å². The topological polar surface area (TPSA) is 65.5 Å². The Morgan fingerprint density at radius 1 is 1.29 bits per heavy atom. The number of piperidine rings is 1. The van der Waals surface area contributed by atoms with Crippen LogP contribution in [0.15, 0.2) is 29.6 Å². The first-order valence-electron chi connectivity index (χ1n) is 9.97. The van der Waals surface area contributed by atoms with Gasteiger partial charge in [0, 0.05) is 36.1 Å². The van der Waals surface area contributed by atoms with E-state index < -0.39 is 0 Å². The molecule has 2 aliphatic heterocycles. The van der Waals surface area contributed by atoms with Crippen molar-refractivity contribution in [2.45, 2.75) is 39.2 Å². The smallest absolute Gasteiger partial charge is 0.257 e. The largest absolute Gasteiger partial charge is 0.312 e. The number of carbonyl (C=O) groups excluding carboxylic acids is 2. The fraction of sp³-hybridized carbons (Fsp3) is 0.476. The number of hydrogen-bond acceptors (Lipinski definition) is 5. The van der Waals surface area contributed by atoms with E-state index in [0.717, 1.165) is 49.9 Å². The average molecular weight is 399 g/mol. The maximum Gasteiger partial charge on any atom is 0.257 e. The van der Waals surface area contributed by atoms with Crippen LogP contribution in [-0.4, -0.2) is 41.3 Å². The van der Waals surface area contributed by atoms with E-state index in [-0.39, 0.29) is 11.8 Å². The Morgan fingerprint density at radius 3 is 2.86 bits per heavy atom. The highest BCUT2D eigenvalue weighted by Crippen LogP contribution is 2.24. The summed E-state index contributed by atoms with van der Waals surface area (Å²) < 4.78 is 0. The second kappa shape index (κ2) is 8.41. The van der Waals surface area contributed by atoms with E-state index in [0.29, 0.717) is 17.1 Å². The number of benzene rings is 1. The highest BCUT2D eigenvalue weighted by molar-refractivity contribution is 7.14. The van der Waals surface area contributed by atoms with Gasteiger partial charge in [0.1, 0.15) is 0 Å². The van der Waals surface area contributed by atoms with E-state index in [9.17, 15) is 9.59 Å². The molecule has 2 aromatic rings. The molecule has 1 aromatic heterocycles. The van der Waals surface area contributed by atoms with E-state index in [2.05, 4.69) is 22.1 Å². The normalized spacial score (nSPS) is 18.6. The maximum absolute atomic E-state index is 12.6.